The molecular weight excluding hydrogens is 629 g/mol. The van der Waals surface area contributed by atoms with Gasteiger partial charge in [-0.2, -0.15) is 5.26 Å². The molecule has 8 nitrogen and oxygen atoms in total. The molecule has 0 spiro atoms. The maximum atomic E-state index is 14.4. The van der Waals surface area contributed by atoms with Crippen LogP contribution in [0, 0.1) is 39.0 Å². The molecule has 47 heavy (non-hydrogen) atoms. The number of fused-ring (bicyclic) bond motifs is 1. The van der Waals surface area contributed by atoms with Crippen LogP contribution in [0.2, 0.25) is 0 Å². The van der Waals surface area contributed by atoms with Gasteiger partial charge in [-0.25, -0.2) is 9.79 Å². The van der Waals surface area contributed by atoms with E-state index in [1.807, 2.05) is 101 Å². The summed E-state index contributed by atoms with van der Waals surface area (Å²) < 4.78 is 15.4. The van der Waals surface area contributed by atoms with Gasteiger partial charge in [0, 0.05) is 21.8 Å². The number of carbonyl (C=O) groups excluding carboxylic acids is 1. The van der Waals surface area contributed by atoms with Crippen molar-refractivity contribution in [2.75, 3.05) is 13.2 Å². The molecule has 0 radical (unpaired) electrons. The highest BCUT2D eigenvalue weighted by atomic mass is 32.1. The molecule has 0 saturated heterocycles. The van der Waals surface area contributed by atoms with E-state index in [0.29, 0.717) is 38.5 Å². The highest BCUT2D eigenvalue weighted by molar-refractivity contribution is 7.15. The third-order valence-electron chi connectivity index (χ3n) is 8.32. The number of thiazole rings is 1. The van der Waals surface area contributed by atoms with Gasteiger partial charge < -0.3 is 14.0 Å². The Morgan fingerprint density at radius 2 is 1.74 bits per heavy atom. The van der Waals surface area contributed by atoms with Gasteiger partial charge in [0.25, 0.3) is 5.56 Å². The predicted molar refractivity (Wildman–Crippen MR) is 186 cm³/mol. The van der Waals surface area contributed by atoms with Crippen LogP contribution < -0.4 is 19.6 Å². The number of aryl methyl sites for hydroxylation is 2. The SMILES string of the molecule is CCOC(=O)C1=C(c2ccccc2)N=c2s/c(=C\c3cc(C)n(-c4sc(C)c(C)c4C#N)c3C)c(=O)n2[C@H]1c1ccc(OCC)cc1. The van der Waals surface area contributed by atoms with Crippen LogP contribution in [-0.2, 0) is 9.53 Å². The summed E-state index contributed by atoms with van der Waals surface area (Å²) in [7, 11) is 0. The number of benzene rings is 2. The summed E-state index contributed by atoms with van der Waals surface area (Å²) in [5, 5.41) is 10.8. The molecular formula is C37H34N4O4S2. The lowest BCUT2D eigenvalue weighted by atomic mass is 9.93. The maximum Gasteiger partial charge on any atom is 0.338 e. The van der Waals surface area contributed by atoms with Gasteiger partial charge in [-0.05, 0) is 82.5 Å². The van der Waals surface area contributed by atoms with E-state index < -0.39 is 12.0 Å². The highest BCUT2D eigenvalue weighted by Crippen LogP contribution is 2.36. The third-order valence-corrected chi connectivity index (χ3v) is 10.5. The lowest BCUT2D eigenvalue weighted by Gasteiger charge is -2.26. The molecule has 6 rings (SSSR count). The topological polar surface area (TPSA) is 98.6 Å². The van der Waals surface area contributed by atoms with Crippen LogP contribution in [0.3, 0.4) is 0 Å². The molecule has 0 bridgehead atoms. The van der Waals surface area contributed by atoms with Gasteiger partial charge in [-0.1, -0.05) is 53.8 Å². The van der Waals surface area contributed by atoms with Crippen molar-refractivity contribution in [3.63, 3.8) is 0 Å². The van der Waals surface area contributed by atoms with Crippen LogP contribution in [0.1, 0.15) is 64.0 Å². The van der Waals surface area contributed by atoms with Crippen LogP contribution in [0.25, 0.3) is 16.8 Å². The molecule has 1 atom stereocenters. The second-order valence-electron chi connectivity index (χ2n) is 11.2. The predicted octanol–water partition coefficient (Wildman–Crippen LogP) is 6.29. The number of rotatable bonds is 8. The minimum atomic E-state index is -0.777. The van der Waals surface area contributed by atoms with E-state index in [1.165, 1.54) is 11.3 Å². The van der Waals surface area contributed by atoms with E-state index in [4.69, 9.17) is 14.5 Å². The summed E-state index contributed by atoms with van der Waals surface area (Å²) in [5.41, 5.74) is 6.40. The van der Waals surface area contributed by atoms with E-state index in [2.05, 4.69) is 10.6 Å². The Bertz CT molecular complexity index is 2260. The van der Waals surface area contributed by atoms with E-state index in [1.54, 1.807) is 22.8 Å². The van der Waals surface area contributed by atoms with Crippen molar-refractivity contribution in [2.24, 2.45) is 4.99 Å². The van der Waals surface area contributed by atoms with E-state index in [9.17, 15) is 14.9 Å². The average Bonchev–Trinajstić information content (AvgIpc) is 3.64. The number of thiophene rings is 1. The number of hydrogen-bond donors (Lipinski definition) is 0. The van der Waals surface area contributed by atoms with Crippen molar-refractivity contribution >= 4 is 40.4 Å². The van der Waals surface area contributed by atoms with Crippen molar-refractivity contribution < 1.29 is 14.3 Å². The molecule has 2 aromatic carbocycles. The Hall–Kier alpha value is -4.98. The Labute approximate surface area is 280 Å². The number of nitriles is 1. The number of hydrogen-bond acceptors (Lipinski definition) is 8. The molecule has 1 aliphatic heterocycles. The summed E-state index contributed by atoms with van der Waals surface area (Å²) in [4.78, 5) is 34.7. The van der Waals surface area contributed by atoms with Gasteiger partial charge in [-0.3, -0.25) is 9.36 Å². The second-order valence-corrected chi connectivity index (χ2v) is 13.4. The molecule has 5 aromatic rings. The monoisotopic (exact) mass is 662 g/mol. The molecule has 0 amide bonds. The molecule has 0 saturated carbocycles. The third kappa shape index (κ3) is 5.66. The molecule has 0 N–H and O–H groups in total. The fraction of sp³-hybridized carbons (Fsp3) is 0.243. The van der Waals surface area contributed by atoms with Crippen molar-refractivity contribution in [1.29, 1.82) is 5.26 Å². The highest BCUT2D eigenvalue weighted by Gasteiger charge is 2.35. The standard InChI is InChI=1S/C37H34N4O4S2/c1-7-44-28-16-14-26(15-17-28)33-31(36(43)45-8-2)32(25-12-10-9-11-13-25)39-37-41(33)34(42)30(47-37)19-27-18-21(3)40(23(27)5)35-29(20-38)22(4)24(6)46-35/h9-19,33H,7-8H2,1-6H3/b30-19-/t33-/m0/s1. The molecule has 0 fully saturated rings. The Morgan fingerprint density at radius 3 is 2.40 bits per heavy atom. The van der Waals surface area contributed by atoms with Gasteiger partial charge in [0.2, 0.25) is 0 Å². The normalized spacial score (nSPS) is 14.5. The first kappa shape index (κ1) is 32.0. The lowest BCUT2D eigenvalue weighted by Crippen LogP contribution is -2.40. The van der Waals surface area contributed by atoms with Crippen LogP contribution in [0.15, 0.2) is 76.0 Å². The van der Waals surface area contributed by atoms with E-state index in [-0.39, 0.29) is 12.2 Å². The molecule has 1 aliphatic rings. The number of nitrogens with zero attached hydrogens (tertiary/aromatic N) is 4. The fourth-order valence-electron chi connectivity index (χ4n) is 5.95. The summed E-state index contributed by atoms with van der Waals surface area (Å²) in [5.74, 6) is 0.168. The Morgan fingerprint density at radius 1 is 1.02 bits per heavy atom. The molecule has 0 unspecified atom stereocenters. The van der Waals surface area contributed by atoms with E-state index in [0.717, 1.165) is 43.5 Å². The number of carbonyl (C=O) groups is 1. The minimum Gasteiger partial charge on any atom is -0.494 e. The molecule has 238 valence electrons. The Balaban J connectivity index is 1.59. The summed E-state index contributed by atoms with van der Waals surface area (Å²) in [6.07, 6.45) is 1.88. The molecule has 10 heteroatoms. The summed E-state index contributed by atoms with van der Waals surface area (Å²) in [6.45, 7) is 12.4. The van der Waals surface area contributed by atoms with Gasteiger partial charge in [0.1, 0.15) is 16.8 Å². The quantitative estimate of drug-likeness (QED) is 0.182. The summed E-state index contributed by atoms with van der Waals surface area (Å²) >= 11 is 2.87. The molecule has 3 aromatic heterocycles. The minimum absolute atomic E-state index is 0.178. The van der Waals surface area contributed by atoms with Crippen LogP contribution in [-0.4, -0.2) is 28.3 Å². The zero-order valence-corrected chi connectivity index (χ0v) is 28.7. The number of esters is 1. The van der Waals surface area contributed by atoms with Gasteiger partial charge in [0.05, 0.1) is 40.6 Å². The van der Waals surface area contributed by atoms with Crippen LogP contribution >= 0.6 is 22.7 Å². The number of aromatic nitrogens is 2. The van der Waals surface area contributed by atoms with Crippen molar-refractivity contribution in [3.05, 3.63) is 130 Å². The average molecular weight is 663 g/mol. The van der Waals surface area contributed by atoms with Crippen LogP contribution in [0.5, 0.6) is 5.75 Å². The second kappa shape index (κ2) is 13.0. The first-order chi connectivity index (χ1) is 22.7. The van der Waals surface area contributed by atoms with Crippen molar-refractivity contribution in [1.82, 2.24) is 9.13 Å². The fourth-order valence-corrected chi connectivity index (χ4v) is 8.16. The largest absolute Gasteiger partial charge is 0.494 e. The molecule has 0 aliphatic carbocycles. The molecule has 4 heterocycles. The first-order valence-corrected chi connectivity index (χ1v) is 17.0. The Kier molecular flexibility index (Phi) is 8.86. The van der Waals surface area contributed by atoms with Gasteiger partial charge >= 0.3 is 5.97 Å². The zero-order valence-electron chi connectivity index (χ0n) is 27.1. The number of ether oxygens (including phenoxy) is 2. The smallest absolute Gasteiger partial charge is 0.338 e. The van der Waals surface area contributed by atoms with Gasteiger partial charge in [-0.15, -0.1) is 11.3 Å². The van der Waals surface area contributed by atoms with Crippen molar-refractivity contribution in [2.45, 2.75) is 47.6 Å². The first-order valence-electron chi connectivity index (χ1n) is 15.4. The van der Waals surface area contributed by atoms with Crippen LogP contribution in [0.4, 0.5) is 0 Å². The van der Waals surface area contributed by atoms with Gasteiger partial charge in [0.15, 0.2) is 4.80 Å². The van der Waals surface area contributed by atoms with Crippen molar-refractivity contribution in [3.8, 4) is 16.8 Å². The van der Waals surface area contributed by atoms with E-state index >= 15 is 0 Å². The summed E-state index contributed by atoms with van der Waals surface area (Å²) in [6, 6.07) is 20.6. The maximum absolute atomic E-state index is 14.4. The lowest BCUT2D eigenvalue weighted by molar-refractivity contribution is -0.138. The zero-order chi connectivity index (χ0) is 33.4.